The van der Waals surface area contributed by atoms with E-state index < -0.39 is 0 Å². The lowest BCUT2D eigenvalue weighted by Crippen LogP contribution is -2.18. The Morgan fingerprint density at radius 2 is 2.24 bits per heavy atom. The van der Waals surface area contributed by atoms with E-state index in [9.17, 15) is 9.90 Å². The van der Waals surface area contributed by atoms with Crippen molar-refractivity contribution in [1.82, 2.24) is 9.97 Å². The number of nitrogens with zero attached hydrogens (tertiary/aromatic N) is 1. The maximum atomic E-state index is 11.8. The van der Waals surface area contributed by atoms with Crippen LogP contribution in [0.15, 0.2) is 4.79 Å². The second-order valence-corrected chi connectivity index (χ2v) is 5.12. The first-order valence-corrected chi connectivity index (χ1v) is 6.43. The monoisotopic (exact) mass is 236 g/mol. The summed E-state index contributed by atoms with van der Waals surface area (Å²) in [6, 6.07) is 0. The highest BCUT2D eigenvalue weighted by Gasteiger charge is 2.25. The van der Waals surface area contributed by atoms with Crippen LogP contribution in [0.2, 0.25) is 0 Å². The van der Waals surface area contributed by atoms with Crippen LogP contribution in [-0.4, -0.2) is 15.1 Å². The molecule has 1 aliphatic rings. The van der Waals surface area contributed by atoms with E-state index in [0.717, 1.165) is 19.3 Å². The van der Waals surface area contributed by atoms with Crippen molar-refractivity contribution >= 4 is 0 Å². The second kappa shape index (κ2) is 4.90. The molecule has 0 spiro atoms. The van der Waals surface area contributed by atoms with E-state index in [-0.39, 0.29) is 11.4 Å². The Balaban J connectivity index is 2.29. The third-order valence-electron chi connectivity index (χ3n) is 3.59. The van der Waals surface area contributed by atoms with Crippen LogP contribution in [0.1, 0.15) is 56.8 Å². The summed E-state index contributed by atoms with van der Waals surface area (Å²) in [6.07, 6.45) is 4.69. The summed E-state index contributed by atoms with van der Waals surface area (Å²) < 4.78 is 0. The molecule has 0 aromatic carbocycles. The molecule has 0 aliphatic heterocycles. The highest BCUT2D eigenvalue weighted by molar-refractivity contribution is 5.23. The molecule has 2 atom stereocenters. The minimum absolute atomic E-state index is 0.0786. The van der Waals surface area contributed by atoms with Gasteiger partial charge in [-0.1, -0.05) is 20.3 Å². The minimum Gasteiger partial charge on any atom is -0.493 e. The van der Waals surface area contributed by atoms with Gasteiger partial charge in [0.2, 0.25) is 5.88 Å². The van der Waals surface area contributed by atoms with E-state index in [0.29, 0.717) is 29.6 Å². The van der Waals surface area contributed by atoms with Crippen LogP contribution in [0.3, 0.4) is 0 Å². The Labute approximate surface area is 101 Å². The summed E-state index contributed by atoms with van der Waals surface area (Å²) in [4.78, 5) is 18.8. The Morgan fingerprint density at radius 1 is 1.47 bits per heavy atom. The summed E-state index contributed by atoms with van der Waals surface area (Å²) in [5, 5.41) is 9.80. The highest BCUT2D eigenvalue weighted by atomic mass is 16.3. The van der Waals surface area contributed by atoms with Crippen LogP contribution in [0.4, 0.5) is 0 Å². The van der Waals surface area contributed by atoms with Gasteiger partial charge >= 0.3 is 0 Å². The largest absolute Gasteiger partial charge is 0.493 e. The maximum absolute atomic E-state index is 11.8. The van der Waals surface area contributed by atoms with Crippen molar-refractivity contribution in [2.24, 2.45) is 5.92 Å². The van der Waals surface area contributed by atoms with Gasteiger partial charge < -0.3 is 10.1 Å². The topological polar surface area (TPSA) is 66.0 Å². The molecule has 2 rings (SSSR count). The number of hydrogen-bond acceptors (Lipinski definition) is 3. The van der Waals surface area contributed by atoms with Gasteiger partial charge in [0, 0.05) is 5.92 Å². The molecule has 4 nitrogen and oxygen atoms in total. The van der Waals surface area contributed by atoms with Crippen molar-refractivity contribution in [3.8, 4) is 5.88 Å². The molecular formula is C13H20N2O2. The maximum Gasteiger partial charge on any atom is 0.257 e. The molecule has 2 unspecified atom stereocenters. The van der Waals surface area contributed by atoms with Crippen LogP contribution >= 0.6 is 0 Å². The number of nitrogens with one attached hydrogen (secondary N) is 1. The fourth-order valence-corrected chi connectivity index (χ4v) is 2.63. The van der Waals surface area contributed by atoms with Crippen molar-refractivity contribution < 1.29 is 5.11 Å². The Bertz CT molecular complexity index is 453. The molecule has 0 bridgehead atoms. The molecule has 1 aromatic heterocycles. The number of H-pyrrole nitrogens is 1. The number of aromatic amines is 1. The van der Waals surface area contributed by atoms with Crippen LogP contribution in [0.5, 0.6) is 5.88 Å². The predicted molar refractivity (Wildman–Crippen MR) is 66.3 cm³/mol. The second-order valence-electron chi connectivity index (χ2n) is 5.12. The molecule has 0 saturated heterocycles. The third kappa shape index (κ3) is 2.51. The number of aromatic hydroxyl groups is 1. The van der Waals surface area contributed by atoms with Crippen LogP contribution in [-0.2, 0) is 6.42 Å². The molecule has 4 heteroatoms. The molecule has 17 heavy (non-hydrogen) atoms. The predicted octanol–water partition coefficient (Wildman–Crippen LogP) is 2.33. The minimum atomic E-state index is -0.172. The van der Waals surface area contributed by atoms with Crippen LogP contribution < -0.4 is 5.56 Å². The average molecular weight is 236 g/mol. The third-order valence-corrected chi connectivity index (χ3v) is 3.59. The lowest BCUT2D eigenvalue weighted by Gasteiger charge is -2.10. The Morgan fingerprint density at radius 3 is 2.76 bits per heavy atom. The van der Waals surface area contributed by atoms with Gasteiger partial charge in [0.15, 0.2) is 0 Å². The van der Waals surface area contributed by atoms with E-state index in [1.54, 1.807) is 0 Å². The first-order valence-electron chi connectivity index (χ1n) is 6.43. The van der Waals surface area contributed by atoms with Crippen molar-refractivity contribution in [3.05, 3.63) is 21.7 Å². The van der Waals surface area contributed by atoms with Gasteiger partial charge in [-0.3, -0.25) is 4.79 Å². The zero-order chi connectivity index (χ0) is 12.4. The van der Waals surface area contributed by atoms with Crippen LogP contribution in [0.25, 0.3) is 0 Å². The lowest BCUT2D eigenvalue weighted by molar-refractivity contribution is 0.434. The van der Waals surface area contributed by atoms with Crippen molar-refractivity contribution in [2.75, 3.05) is 0 Å². The fourth-order valence-electron chi connectivity index (χ4n) is 2.63. The first-order chi connectivity index (χ1) is 8.11. The van der Waals surface area contributed by atoms with Crippen molar-refractivity contribution in [3.63, 3.8) is 0 Å². The summed E-state index contributed by atoms with van der Waals surface area (Å²) in [5.41, 5.74) is 0.246. The van der Waals surface area contributed by atoms with E-state index in [1.807, 2.05) is 6.92 Å². The first kappa shape index (κ1) is 12.1. The molecular weight excluding hydrogens is 216 g/mol. The van der Waals surface area contributed by atoms with Gasteiger partial charge in [0.25, 0.3) is 5.56 Å². The van der Waals surface area contributed by atoms with Gasteiger partial charge in [0.05, 0.1) is 5.56 Å². The Hall–Kier alpha value is -1.32. The van der Waals surface area contributed by atoms with Gasteiger partial charge in [-0.25, -0.2) is 0 Å². The smallest absolute Gasteiger partial charge is 0.257 e. The normalized spacial score (nSPS) is 24.1. The summed E-state index contributed by atoms with van der Waals surface area (Å²) in [7, 11) is 0. The quantitative estimate of drug-likeness (QED) is 0.846. The molecule has 1 aromatic rings. The highest BCUT2D eigenvalue weighted by Crippen LogP contribution is 2.36. The molecule has 0 amide bonds. The zero-order valence-corrected chi connectivity index (χ0v) is 10.5. The van der Waals surface area contributed by atoms with E-state index >= 15 is 0 Å². The number of hydrogen-bond donors (Lipinski definition) is 2. The van der Waals surface area contributed by atoms with Gasteiger partial charge in [-0.15, -0.1) is 0 Å². The molecule has 94 valence electrons. The van der Waals surface area contributed by atoms with Crippen LogP contribution in [0, 0.1) is 5.92 Å². The fraction of sp³-hybridized carbons (Fsp3) is 0.692. The average Bonchev–Trinajstić information content (AvgIpc) is 2.70. The number of rotatable bonds is 3. The number of aromatic nitrogens is 2. The summed E-state index contributed by atoms with van der Waals surface area (Å²) in [6.45, 7) is 4.19. The van der Waals surface area contributed by atoms with Crippen molar-refractivity contribution in [1.29, 1.82) is 0 Å². The molecule has 0 radical (unpaired) electrons. The zero-order valence-electron chi connectivity index (χ0n) is 10.5. The van der Waals surface area contributed by atoms with Crippen molar-refractivity contribution in [2.45, 2.75) is 51.9 Å². The SMILES string of the molecule is CCCc1c(O)nc(C2CCC(C)C2)[nH]c1=O. The molecule has 1 saturated carbocycles. The Kier molecular flexibility index (Phi) is 3.50. The summed E-state index contributed by atoms with van der Waals surface area (Å²) in [5.74, 6) is 1.57. The molecule has 1 aliphatic carbocycles. The van der Waals surface area contributed by atoms with E-state index in [1.165, 1.54) is 6.42 Å². The van der Waals surface area contributed by atoms with E-state index in [2.05, 4.69) is 16.9 Å². The van der Waals surface area contributed by atoms with Gasteiger partial charge in [-0.05, 0) is 31.6 Å². The van der Waals surface area contributed by atoms with Gasteiger partial charge in [-0.2, -0.15) is 4.98 Å². The van der Waals surface area contributed by atoms with Gasteiger partial charge in [0.1, 0.15) is 5.82 Å². The molecule has 1 fully saturated rings. The summed E-state index contributed by atoms with van der Waals surface area (Å²) >= 11 is 0. The molecule has 2 N–H and O–H groups in total. The molecule has 1 heterocycles. The van der Waals surface area contributed by atoms with E-state index in [4.69, 9.17) is 0 Å². The standard InChI is InChI=1S/C13H20N2O2/c1-3-4-10-12(16)14-11(15-13(10)17)9-6-5-8(2)7-9/h8-9H,3-7H2,1-2H3,(H2,14,15,16,17). The lowest BCUT2D eigenvalue weighted by atomic mass is 10.1.